The Morgan fingerprint density at radius 3 is 3.00 bits per heavy atom. The summed E-state index contributed by atoms with van der Waals surface area (Å²) in [5.74, 6) is 5.74. The molecule has 6 nitrogen and oxygen atoms in total. The van der Waals surface area contributed by atoms with Crippen molar-refractivity contribution in [3.8, 4) is 0 Å². The third kappa shape index (κ3) is 3.92. The molecular formula is C11H18N4O2. The lowest BCUT2D eigenvalue weighted by molar-refractivity contribution is -0.0453. The first-order chi connectivity index (χ1) is 8.38. The summed E-state index contributed by atoms with van der Waals surface area (Å²) in [6.45, 7) is 1.93. The molecule has 1 aliphatic rings. The van der Waals surface area contributed by atoms with Crippen LogP contribution >= 0.6 is 0 Å². The van der Waals surface area contributed by atoms with Gasteiger partial charge in [0.15, 0.2) is 5.82 Å². The quantitative estimate of drug-likeness (QED) is 0.584. The molecule has 1 aliphatic heterocycles. The molecule has 1 aromatic heterocycles. The molecule has 1 aromatic rings. The summed E-state index contributed by atoms with van der Waals surface area (Å²) >= 11 is 0. The summed E-state index contributed by atoms with van der Waals surface area (Å²) in [5.41, 5.74) is 3.22. The average molecular weight is 238 g/mol. The predicted octanol–water partition coefficient (Wildman–Crippen LogP) is 0.848. The number of hydrogen-bond acceptors (Lipinski definition) is 6. The number of hydrogen-bond donors (Lipinski definition) is 2. The maximum atomic E-state index is 5.56. The van der Waals surface area contributed by atoms with E-state index in [0.29, 0.717) is 19.0 Å². The number of aromatic nitrogens is 2. The number of rotatable bonds is 5. The van der Waals surface area contributed by atoms with Crippen LogP contribution in [0.5, 0.6) is 0 Å². The summed E-state index contributed by atoms with van der Waals surface area (Å²) in [5, 5.41) is 0. The first-order valence-corrected chi connectivity index (χ1v) is 5.85. The van der Waals surface area contributed by atoms with Crippen LogP contribution in [-0.4, -0.2) is 29.3 Å². The van der Waals surface area contributed by atoms with Crippen molar-refractivity contribution in [3.63, 3.8) is 0 Å². The molecule has 1 saturated heterocycles. The minimum Gasteiger partial charge on any atom is -0.376 e. The number of nitrogen functional groups attached to an aromatic ring is 1. The summed E-state index contributed by atoms with van der Waals surface area (Å²) in [4.78, 5) is 8.21. The van der Waals surface area contributed by atoms with Gasteiger partial charge in [-0.05, 0) is 19.3 Å². The maximum Gasteiger partial charge on any atom is 0.158 e. The Bertz CT molecular complexity index is 325. The smallest absolute Gasteiger partial charge is 0.158 e. The van der Waals surface area contributed by atoms with Crippen LogP contribution in [0.25, 0.3) is 0 Å². The third-order valence-corrected chi connectivity index (χ3v) is 2.68. The monoisotopic (exact) mass is 238 g/mol. The Morgan fingerprint density at radius 2 is 2.35 bits per heavy atom. The van der Waals surface area contributed by atoms with Crippen molar-refractivity contribution in [2.75, 3.05) is 18.6 Å². The number of nitrogens with two attached hydrogens (primary N) is 1. The Hall–Kier alpha value is -1.24. The van der Waals surface area contributed by atoms with Crippen LogP contribution in [0.2, 0.25) is 0 Å². The van der Waals surface area contributed by atoms with Gasteiger partial charge >= 0.3 is 0 Å². The highest BCUT2D eigenvalue weighted by Gasteiger charge is 2.13. The molecule has 1 atom stereocenters. The molecule has 0 spiro atoms. The number of ether oxygens (including phenoxy) is 2. The SMILES string of the molecule is NNc1cnc(COCC2CCCCO2)cn1. The highest BCUT2D eigenvalue weighted by Crippen LogP contribution is 2.13. The van der Waals surface area contributed by atoms with Gasteiger partial charge in [0.1, 0.15) is 0 Å². The molecule has 0 radical (unpaired) electrons. The standard InChI is InChI=1S/C11H18N4O2/c12-15-11-6-13-9(5-14-11)7-16-8-10-3-1-2-4-17-10/h5-6,10H,1-4,7-8,12H2,(H,14,15). The Balaban J connectivity index is 1.69. The van der Waals surface area contributed by atoms with E-state index in [1.165, 1.54) is 6.42 Å². The van der Waals surface area contributed by atoms with E-state index in [1.54, 1.807) is 12.4 Å². The van der Waals surface area contributed by atoms with E-state index in [9.17, 15) is 0 Å². The molecule has 3 N–H and O–H groups in total. The van der Waals surface area contributed by atoms with E-state index in [-0.39, 0.29) is 6.10 Å². The first-order valence-electron chi connectivity index (χ1n) is 5.85. The van der Waals surface area contributed by atoms with Crippen molar-refractivity contribution in [2.45, 2.75) is 32.0 Å². The van der Waals surface area contributed by atoms with Crippen molar-refractivity contribution in [3.05, 3.63) is 18.1 Å². The molecule has 2 heterocycles. The summed E-state index contributed by atoms with van der Waals surface area (Å²) < 4.78 is 11.1. The Morgan fingerprint density at radius 1 is 1.41 bits per heavy atom. The molecule has 94 valence electrons. The second-order valence-electron chi connectivity index (χ2n) is 4.04. The number of anilines is 1. The summed E-state index contributed by atoms with van der Waals surface area (Å²) in [6, 6.07) is 0. The minimum atomic E-state index is 0.238. The molecule has 0 aliphatic carbocycles. The van der Waals surface area contributed by atoms with E-state index in [1.807, 2.05) is 0 Å². The zero-order valence-electron chi connectivity index (χ0n) is 9.76. The summed E-state index contributed by atoms with van der Waals surface area (Å²) in [7, 11) is 0. The fourth-order valence-corrected chi connectivity index (χ4v) is 1.74. The molecule has 6 heteroatoms. The fraction of sp³-hybridized carbons (Fsp3) is 0.636. The number of nitrogens with zero attached hydrogens (tertiary/aromatic N) is 2. The van der Waals surface area contributed by atoms with Gasteiger partial charge in [0, 0.05) is 6.61 Å². The van der Waals surface area contributed by atoms with Crippen LogP contribution in [0.4, 0.5) is 5.82 Å². The zero-order chi connectivity index (χ0) is 11.9. The van der Waals surface area contributed by atoms with Gasteiger partial charge < -0.3 is 14.9 Å². The maximum absolute atomic E-state index is 5.56. The highest BCUT2D eigenvalue weighted by atomic mass is 16.5. The van der Waals surface area contributed by atoms with Gasteiger partial charge in [-0.15, -0.1) is 0 Å². The zero-order valence-corrected chi connectivity index (χ0v) is 9.76. The van der Waals surface area contributed by atoms with Crippen molar-refractivity contribution in [1.29, 1.82) is 0 Å². The largest absolute Gasteiger partial charge is 0.376 e. The lowest BCUT2D eigenvalue weighted by atomic mass is 10.1. The first kappa shape index (κ1) is 12.2. The highest BCUT2D eigenvalue weighted by molar-refractivity contribution is 5.28. The molecule has 2 rings (SSSR count). The van der Waals surface area contributed by atoms with Crippen molar-refractivity contribution in [2.24, 2.45) is 5.84 Å². The molecule has 0 bridgehead atoms. The summed E-state index contributed by atoms with van der Waals surface area (Å²) in [6.07, 6.45) is 6.94. The lowest BCUT2D eigenvalue weighted by Crippen LogP contribution is -2.24. The van der Waals surface area contributed by atoms with Gasteiger partial charge in [0.05, 0.1) is 37.4 Å². The number of hydrazine groups is 1. The molecule has 1 unspecified atom stereocenters. The normalized spacial score (nSPS) is 20.2. The molecule has 0 saturated carbocycles. The molecule has 0 amide bonds. The van der Waals surface area contributed by atoms with Crippen LogP contribution in [0.3, 0.4) is 0 Å². The van der Waals surface area contributed by atoms with Crippen LogP contribution in [0.15, 0.2) is 12.4 Å². The molecular weight excluding hydrogens is 220 g/mol. The average Bonchev–Trinajstić information content (AvgIpc) is 2.41. The van der Waals surface area contributed by atoms with Crippen LogP contribution in [0.1, 0.15) is 25.0 Å². The van der Waals surface area contributed by atoms with Crippen LogP contribution in [-0.2, 0) is 16.1 Å². The number of nitrogens with one attached hydrogen (secondary N) is 1. The third-order valence-electron chi connectivity index (χ3n) is 2.68. The lowest BCUT2D eigenvalue weighted by Gasteiger charge is -2.22. The predicted molar refractivity (Wildman–Crippen MR) is 63.1 cm³/mol. The van der Waals surface area contributed by atoms with Gasteiger partial charge in [-0.1, -0.05) is 0 Å². The van der Waals surface area contributed by atoms with Gasteiger partial charge in [0.25, 0.3) is 0 Å². The van der Waals surface area contributed by atoms with Gasteiger partial charge in [0.2, 0.25) is 0 Å². The van der Waals surface area contributed by atoms with E-state index in [0.717, 1.165) is 25.1 Å². The fourth-order valence-electron chi connectivity index (χ4n) is 1.74. The van der Waals surface area contributed by atoms with Crippen molar-refractivity contribution >= 4 is 5.82 Å². The minimum absolute atomic E-state index is 0.238. The van der Waals surface area contributed by atoms with Gasteiger partial charge in [-0.3, -0.25) is 4.98 Å². The Kier molecular flexibility index (Phi) is 4.66. The van der Waals surface area contributed by atoms with Crippen molar-refractivity contribution in [1.82, 2.24) is 9.97 Å². The molecule has 0 aromatic carbocycles. The van der Waals surface area contributed by atoms with Gasteiger partial charge in [-0.25, -0.2) is 10.8 Å². The van der Waals surface area contributed by atoms with Gasteiger partial charge in [-0.2, -0.15) is 0 Å². The van der Waals surface area contributed by atoms with E-state index in [4.69, 9.17) is 15.3 Å². The topological polar surface area (TPSA) is 82.3 Å². The Labute approximate surface area is 101 Å². The molecule has 1 fully saturated rings. The van der Waals surface area contributed by atoms with Crippen LogP contribution in [0, 0.1) is 0 Å². The molecule has 17 heavy (non-hydrogen) atoms. The second-order valence-corrected chi connectivity index (χ2v) is 4.04. The van der Waals surface area contributed by atoms with E-state index in [2.05, 4.69) is 15.4 Å². The van der Waals surface area contributed by atoms with Crippen LogP contribution < -0.4 is 11.3 Å². The second kappa shape index (κ2) is 6.48. The van der Waals surface area contributed by atoms with Crippen molar-refractivity contribution < 1.29 is 9.47 Å². The van der Waals surface area contributed by atoms with E-state index < -0.39 is 0 Å². The van der Waals surface area contributed by atoms with E-state index >= 15 is 0 Å².